The fourth-order valence-electron chi connectivity index (χ4n) is 3.05. The first-order valence-electron chi connectivity index (χ1n) is 7.39. The number of carbonyl (C=O) groups excluding carboxylic acids is 1. The first kappa shape index (κ1) is 13.7. The lowest BCUT2D eigenvalue weighted by Gasteiger charge is -2.01. The van der Waals surface area contributed by atoms with Crippen LogP contribution in [0, 0.1) is 13.8 Å². The van der Waals surface area contributed by atoms with Crippen LogP contribution in [0.2, 0.25) is 0 Å². The number of hydrogen-bond acceptors (Lipinski definition) is 1. The second-order valence-corrected chi connectivity index (χ2v) is 5.51. The average molecular weight is 280 g/mol. The van der Waals surface area contributed by atoms with E-state index >= 15 is 0 Å². The zero-order chi connectivity index (χ0) is 15.0. The largest absolute Gasteiger partial charge is 0.362 e. The van der Waals surface area contributed by atoms with Gasteiger partial charge in [0.25, 0.3) is 5.91 Å². The maximum absolute atomic E-state index is 12.1. The van der Waals surface area contributed by atoms with E-state index in [2.05, 4.69) is 31.1 Å². The van der Waals surface area contributed by atoms with Gasteiger partial charge in [-0.05, 0) is 37.5 Å². The minimum absolute atomic E-state index is 0.00533. The van der Waals surface area contributed by atoms with Crippen molar-refractivity contribution in [1.29, 1.82) is 0 Å². The number of nitrogens with one attached hydrogen (secondary N) is 2. The van der Waals surface area contributed by atoms with Crippen molar-refractivity contribution in [3.05, 3.63) is 58.4 Å². The SMILES string of the molecule is CCc1c(CC=C2C(=O)Nc3ccccc32)[nH]c(C)c1C. The summed E-state index contributed by atoms with van der Waals surface area (Å²) < 4.78 is 0. The van der Waals surface area contributed by atoms with Gasteiger partial charge in [-0.1, -0.05) is 31.2 Å². The summed E-state index contributed by atoms with van der Waals surface area (Å²) in [6.45, 7) is 6.42. The molecule has 0 fully saturated rings. The number of allylic oxidation sites excluding steroid dienone is 1. The third-order valence-corrected chi connectivity index (χ3v) is 4.29. The molecule has 3 heteroatoms. The van der Waals surface area contributed by atoms with Crippen molar-refractivity contribution in [2.45, 2.75) is 33.6 Å². The maximum atomic E-state index is 12.1. The lowest BCUT2D eigenvalue weighted by Crippen LogP contribution is -2.04. The number of carbonyl (C=O) groups is 1. The number of aromatic amines is 1. The van der Waals surface area contributed by atoms with Crippen LogP contribution < -0.4 is 5.32 Å². The fourth-order valence-corrected chi connectivity index (χ4v) is 3.05. The Labute approximate surface area is 125 Å². The number of hydrogen-bond donors (Lipinski definition) is 2. The van der Waals surface area contributed by atoms with Gasteiger partial charge in [-0.3, -0.25) is 4.79 Å². The lowest BCUT2D eigenvalue weighted by molar-refractivity contribution is -0.110. The third kappa shape index (κ3) is 2.29. The predicted molar refractivity (Wildman–Crippen MR) is 86.4 cm³/mol. The Kier molecular flexibility index (Phi) is 3.42. The van der Waals surface area contributed by atoms with Gasteiger partial charge in [0, 0.05) is 34.6 Å². The summed E-state index contributed by atoms with van der Waals surface area (Å²) in [6.07, 6.45) is 3.80. The normalized spacial score (nSPS) is 15.4. The van der Waals surface area contributed by atoms with Crippen molar-refractivity contribution in [1.82, 2.24) is 4.98 Å². The molecule has 0 saturated carbocycles. The van der Waals surface area contributed by atoms with Crippen molar-refractivity contribution in [3.8, 4) is 0 Å². The molecule has 2 N–H and O–H groups in total. The summed E-state index contributed by atoms with van der Waals surface area (Å²) in [5.74, 6) is -0.00533. The Hall–Kier alpha value is -2.29. The second-order valence-electron chi connectivity index (χ2n) is 5.51. The monoisotopic (exact) mass is 280 g/mol. The summed E-state index contributed by atoms with van der Waals surface area (Å²) >= 11 is 0. The van der Waals surface area contributed by atoms with Gasteiger partial charge in [-0.25, -0.2) is 0 Å². The van der Waals surface area contributed by atoms with E-state index in [-0.39, 0.29) is 5.91 Å². The molecule has 1 aromatic heterocycles. The molecule has 108 valence electrons. The highest BCUT2D eigenvalue weighted by atomic mass is 16.2. The zero-order valence-corrected chi connectivity index (χ0v) is 12.7. The molecule has 0 radical (unpaired) electrons. The highest BCUT2D eigenvalue weighted by molar-refractivity contribution is 6.31. The Morgan fingerprint density at radius 3 is 2.71 bits per heavy atom. The molecule has 0 atom stereocenters. The molecule has 2 aromatic rings. The van der Waals surface area contributed by atoms with Crippen molar-refractivity contribution < 1.29 is 4.79 Å². The van der Waals surface area contributed by atoms with E-state index in [1.54, 1.807) is 0 Å². The Morgan fingerprint density at radius 1 is 1.19 bits per heavy atom. The summed E-state index contributed by atoms with van der Waals surface area (Å²) in [5, 5.41) is 2.91. The van der Waals surface area contributed by atoms with Gasteiger partial charge in [0.1, 0.15) is 0 Å². The highest BCUT2D eigenvalue weighted by Crippen LogP contribution is 2.31. The first-order valence-corrected chi connectivity index (χ1v) is 7.39. The van der Waals surface area contributed by atoms with E-state index in [0.29, 0.717) is 0 Å². The lowest BCUT2D eigenvalue weighted by atomic mass is 10.0. The molecule has 0 unspecified atom stereocenters. The third-order valence-electron chi connectivity index (χ3n) is 4.29. The van der Waals surface area contributed by atoms with Crippen LogP contribution in [0.25, 0.3) is 5.57 Å². The van der Waals surface area contributed by atoms with Crippen molar-refractivity contribution in [2.75, 3.05) is 5.32 Å². The Balaban J connectivity index is 1.94. The number of aromatic nitrogens is 1. The second kappa shape index (κ2) is 5.24. The van der Waals surface area contributed by atoms with Crippen molar-refractivity contribution in [3.63, 3.8) is 0 Å². The van der Waals surface area contributed by atoms with Crippen LogP contribution in [0.4, 0.5) is 5.69 Å². The molecule has 0 saturated heterocycles. The number of benzene rings is 1. The van der Waals surface area contributed by atoms with Crippen LogP contribution in [-0.4, -0.2) is 10.9 Å². The molecule has 0 spiro atoms. The number of anilines is 1. The van der Waals surface area contributed by atoms with E-state index < -0.39 is 0 Å². The van der Waals surface area contributed by atoms with E-state index in [4.69, 9.17) is 0 Å². The zero-order valence-electron chi connectivity index (χ0n) is 12.7. The Morgan fingerprint density at radius 2 is 1.95 bits per heavy atom. The van der Waals surface area contributed by atoms with E-state index in [9.17, 15) is 4.79 Å². The Bertz CT molecular complexity index is 738. The van der Waals surface area contributed by atoms with Crippen molar-refractivity contribution in [2.24, 2.45) is 0 Å². The summed E-state index contributed by atoms with van der Waals surface area (Å²) in [5.41, 5.74) is 7.83. The van der Waals surface area contributed by atoms with Crippen LogP contribution in [0.3, 0.4) is 0 Å². The molecular formula is C18H20N2O. The molecular weight excluding hydrogens is 260 g/mol. The van der Waals surface area contributed by atoms with Crippen LogP contribution in [0.5, 0.6) is 0 Å². The van der Waals surface area contributed by atoms with E-state index in [1.807, 2.05) is 30.3 Å². The molecule has 1 amide bonds. The number of rotatable bonds is 3. The minimum Gasteiger partial charge on any atom is -0.362 e. The average Bonchev–Trinajstić information content (AvgIpc) is 2.93. The quantitative estimate of drug-likeness (QED) is 0.826. The van der Waals surface area contributed by atoms with Crippen LogP contribution >= 0.6 is 0 Å². The standard InChI is InChI=1S/C18H20N2O/c1-4-13-11(2)12(3)19-17(13)10-9-15-14-7-5-6-8-16(14)20-18(15)21/h5-9,19H,4,10H2,1-3H3,(H,20,21). The number of para-hydroxylation sites is 1. The molecule has 0 bridgehead atoms. The number of aryl methyl sites for hydroxylation is 1. The summed E-state index contributed by atoms with van der Waals surface area (Å²) in [6, 6.07) is 7.84. The maximum Gasteiger partial charge on any atom is 0.256 e. The van der Waals surface area contributed by atoms with E-state index in [1.165, 1.54) is 22.5 Å². The number of fused-ring (bicyclic) bond motifs is 1. The van der Waals surface area contributed by atoms with E-state index in [0.717, 1.165) is 29.7 Å². The molecule has 3 nitrogen and oxygen atoms in total. The molecule has 2 heterocycles. The van der Waals surface area contributed by atoms with Gasteiger partial charge >= 0.3 is 0 Å². The van der Waals surface area contributed by atoms with Gasteiger partial charge in [0.15, 0.2) is 0 Å². The van der Waals surface area contributed by atoms with Gasteiger partial charge in [0.2, 0.25) is 0 Å². The molecule has 21 heavy (non-hydrogen) atoms. The fraction of sp³-hybridized carbons (Fsp3) is 0.278. The molecule has 1 aliphatic rings. The highest BCUT2D eigenvalue weighted by Gasteiger charge is 2.23. The van der Waals surface area contributed by atoms with Gasteiger partial charge < -0.3 is 10.3 Å². The molecule has 0 aliphatic carbocycles. The predicted octanol–water partition coefficient (Wildman–Crippen LogP) is 3.77. The van der Waals surface area contributed by atoms with Crippen LogP contribution in [0.1, 0.15) is 35.0 Å². The number of H-pyrrole nitrogens is 1. The number of amides is 1. The summed E-state index contributed by atoms with van der Waals surface area (Å²) in [4.78, 5) is 15.5. The smallest absolute Gasteiger partial charge is 0.256 e. The van der Waals surface area contributed by atoms with Gasteiger partial charge in [0.05, 0.1) is 0 Å². The summed E-state index contributed by atoms with van der Waals surface area (Å²) in [7, 11) is 0. The topological polar surface area (TPSA) is 44.9 Å². The first-order chi connectivity index (χ1) is 10.1. The molecule has 3 rings (SSSR count). The van der Waals surface area contributed by atoms with Gasteiger partial charge in [-0.2, -0.15) is 0 Å². The van der Waals surface area contributed by atoms with Gasteiger partial charge in [-0.15, -0.1) is 0 Å². The van der Waals surface area contributed by atoms with Crippen LogP contribution in [-0.2, 0) is 17.6 Å². The van der Waals surface area contributed by atoms with Crippen LogP contribution in [0.15, 0.2) is 30.3 Å². The minimum atomic E-state index is -0.00533. The molecule has 1 aromatic carbocycles. The van der Waals surface area contributed by atoms with Crippen molar-refractivity contribution >= 4 is 17.2 Å². The molecule has 1 aliphatic heterocycles.